The minimum absolute atomic E-state index is 0.181. The minimum Gasteiger partial charge on any atom is -0.491 e. The molecule has 1 aromatic carbocycles. The number of hydrogen-bond donors (Lipinski definition) is 2. The molecule has 9 heteroatoms. The second kappa shape index (κ2) is 11.7. The molecule has 9 nitrogen and oxygen atoms in total. The molecule has 0 aliphatic carbocycles. The highest BCUT2D eigenvalue weighted by molar-refractivity contribution is 5.95. The van der Waals surface area contributed by atoms with Crippen molar-refractivity contribution in [1.29, 1.82) is 0 Å². The van der Waals surface area contributed by atoms with E-state index in [0.29, 0.717) is 36.7 Å². The summed E-state index contributed by atoms with van der Waals surface area (Å²) in [6, 6.07) is 5.10. The van der Waals surface area contributed by atoms with Crippen molar-refractivity contribution in [3.8, 4) is 11.4 Å². The van der Waals surface area contributed by atoms with Crippen molar-refractivity contribution < 1.29 is 14.3 Å². The van der Waals surface area contributed by atoms with Gasteiger partial charge in [-0.3, -0.25) is 9.59 Å². The number of unbranched alkanes of at least 4 members (excludes halogenated alkanes) is 1. The lowest BCUT2D eigenvalue weighted by molar-refractivity contribution is 0.0941. The molecule has 162 valence electrons. The van der Waals surface area contributed by atoms with E-state index in [-0.39, 0.29) is 17.5 Å². The Hall–Kier alpha value is -3.20. The molecule has 0 saturated carbocycles. The Kier molecular flexibility index (Phi) is 9.02. The molecular formula is C21H30N6O3. The van der Waals surface area contributed by atoms with Gasteiger partial charge in [-0.15, -0.1) is 11.7 Å². The van der Waals surface area contributed by atoms with Crippen LogP contribution in [0.5, 0.6) is 5.75 Å². The Labute approximate surface area is 177 Å². The SMILES string of the molecule is C=CCCCOc1cc(C(=O)NCC)ccc1-n1cc(C(=O)NCCN(C)C)nn1. The first kappa shape index (κ1) is 23.1. The number of likely N-dealkylation sites (N-methyl/N-ethyl adjacent to an activating group) is 1. The predicted octanol–water partition coefficient (Wildman–Crippen LogP) is 1.65. The van der Waals surface area contributed by atoms with Crippen LogP contribution in [0.15, 0.2) is 37.1 Å². The van der Waals surface area contributed by atoms with Crippen LogP contribution in [0.4, 0.5) is 0 Å². The molecular weight excluding hydrogens is 384 g/mol. The number of ether oxygens (including phenoxy) is 1. The van der Waals surface area contributed by atoms with Gasteiger partial charge in [0, 0.05) is 25.2 Å². The Bertz CT molecular complexity index is 862. The second-order valence-electron chi connectivity index (χ2n) is 6.93. The van der Waals surface area contributed by atoms with Crippen LogP contribution in [0.25, 0.3) is 5.69 Å². The molecule has 0 unspecified atom stereocenters. The minimum atomic E-state index is -0.296. The number of rotatable bonds is 12. The molecule has 0 spiro atoms. The van der Waals surface area contributed by atoms with Crippen LogP contribution >= 0.6 is 0 Å². The second-order valence-corrected chi connectivity index (χ2v) is 6.93. The molecule has 0 atom stereocenters. The van der Waals surface area contributed by atoms with E-state index in [1.54, 1.807) is 24.4 Å². The van der Waals surface area contributed by atoms with Crippen molar-refractivity contribution in [2.24, 2.45) is 0 Å². The Morgan fingerprint density at radius 2 is 2.07 bits per heavy atom. The third-order valence-corrected chi connectivity index (χ3v) is 4.19. The summed E-state index contributed by atoms with van der Waals surface area (Å²) in [5.41, 5.74) is 1.29. The molecule has 0 aliphatic heterocycles. The highest BCUT2D eigenvalue weighted by Gasteiger charge is 2.16. The lowest BCUT2D eigenvalue weighted by atomic mass is 10.1. The molecule has 2 N–H and O–H groups in total. The van der Waals surface area contributed by atoms with Crippen molar-refractivity contribution >= 4 is 11.8 Å². The third kappa shape index (κ3) is 6.70. The predicted molar refractivity (Wildman–Crippen MR) is 115 cm³/mol. The lowest BCUT2D eigenvalue weighted by Crippen LogP contribution is -2.31. The molecule has 1 heterocycles. The average molecular weight is 415 g/mol. The number of benzene rings is 1. The average Bonchev–Trinajstić information content (AvgIpc) is 3.21. The molecule has 2 amide bonds. The van der Waals surface area contributed by atoms with Gasteiger partial charge in [0.25, 0.3) is 11.8 Å². The lowest BCUT2D eigenvalue weighted by Gasteiger charge is -2.13. The van der Waals surface area contributed by atoms with E-state index in [4.69, 9.17) is 4.74 Å². The topological polar surface area (TPSA) is 101 Å². The van der Waals surface area contributed by atoms with Crippen LogP contribution in [-0.2, 0) is 0 Å². The zero-order chi connectivity index (χ0) is 21.9. The first-order chi connectivity index (χ1) is 14.5. The van der Waals surface area contributed by atoms with Crippen molar-refractivity contribution in [2.45, 2.75) is 19.8 Å². The summed E-state index contributed by atoms with van der Waals surface area (Å²) in [7, 11) is 3.87. The van der Waals surface area contributed by atoms with Gasteiger partial charge in [-0.25, -0.2) is 4.68 Å². The van der Waals surface area contributed by atoms with Gasteiger partial charge >= 0.3 is 0 Å². The zero-order valence-corrected chi connectivity index (χ0v) is 17.9. The van der Waals surface area contributed by atoms with Gasteiger partial charge in [-0.05, 0) is 52.1 Å². The molecule has 0 bridgehead atoms. The molecule has 0 radical (unpaired) electrons. The summed E-state index contributed by atoms with van der Waals surface area (Å²) in [6.45, 7) is 7.80. The van der Waals surface area contributed by atoms with Gasteiger partial charge in [0.05, 0.1) is 12.8 Å². The van der Waals surface area contributed by atoms with Crippen LogP contribution in [-0.4, -0.2) is 72.0 Å². The summed E-state index contributed by atoms with van der Waals surface area (Å²) >= 11 is 0. The van der Waals surface area contributed by atoms with E-state index in [0.717, 1.165) is 19.4 Å². The van der Waals surface area contributed by atoms with Gasteiger partial charge < -0.3 is 20.3 Å². The number of carbonyl (C=O) groups is 2. The Balaban J connectivity index is 2.21. The summed E-state index contributed by atoms with van der Waals surface area (Å²) in [5, 5.41) is 13.6. The quantitative estimate of drug-likeness (QED) is 0.405. The van der Waals surface area contributed by atoms with E-state index in [1.165, 1.54) is 4.68 Å². The molecule has 0 saturated heterocycles. The Morgan fingerprint density at radius 3 is 2.77 bits per heavy atom. The fourth-order valence-corrected chi connectivity index (χ4v) is 2.60. The van der Waals surface area contributed by atoms with Crippen molar-refractivity contribution in [3.63, 3.8) is 0 Å². The highest BCUT2D eigenvalue weighted by atomic mass is 16.5. The zero-order valence-electron chi connectivity index (χ0n) is 17.9. The van der Waals surface area contributed by atoms with Gasteiger partial charge in [-0.2, -0.15) is 0 Å². The maximum Gasteiger partial charge on any atom is 0.273 e. The fourth-order valence-electron chi connectivity index (χ4n) is 2.60. The molecule has 1 aromatic heterocycles. The first-order valence-electron chi connectivity index (χ1n) is 9.97. The van der Waals surface area contributed by atoms with Gasteiger partial charge in [0.15, 0.2) is 5.69 Å². The molecule has 30 heavy (non-hydrogen) atoms. The summed E-state index contributed by atoms with van der Waals surface area (Å²) < 4.78 is 7.38. The monoisotopic (exact) mass is 414 g/mol. The van der Waals surface area contributed by atoms with Crippen molar-refractivity contribution in [3.05, 3.63) is 48.3 Å². The standard InChI is InChI=1S/C21H30N6O3/c1-5-7-8-13-30-19-14-16(20(28)22-6-2)9-10-18(19)27-15-17(24-25-27)21(29)23-11-12-26(3)4/h5,9-10,14-15H,1,6-8,11-13H2,2-4H3,(H,22,28)(H,23,29). The van der Waals surface area contributed by atoms with Crippen molar-refractivity contribution in [1.82, 2.24) is 30.5 Å². The van der Waals surface area contributed by atoms with Crippen LogP contribution in [0.1, 0.15) is 40.6 Å². The van der Waals surface area contributed by atoms with E-state index in [9.17, 15) is 9.59 Å². The number of hydrogen-bond acceptors (Lipinski definition) is 6. The third-order valence-electron chi connectivity index (χ3n) is 4.19. The number of nitrogens with zero attached hydrogens (tertiary/aromatic N) is 4. The van der Waals surface area contributed by atoms with Gasteiger partial charge in [-0.1, -0.05) is 11.3 Å². The van der Waals surface area contributed by atoms with Crippen LogP contribution in [0.3, 0.4) is 0 Å². The molecule has 2 aromatic rings. The van der Waals surface area contributed by atoms with E-state index in [1.807, 2.05) is 32.0 Å². The summed E-state index contributed by atoms with van der Waals surface area (Å²) in [6.07, 6.45) is 4.99. The van der Waals surface area contributed by atoms with Gasteiger partial charge in [0.1, 0.15) is 11.4 Å². The number of carbonyl (C=O) groups excluding carboxylic acids is 2. The number of amides is 2. The first-order valence-corrected chi connectivity index (χ1v) is 9.97. The fraction of sp³-hybridized carbons (Fsp3) is 0.429. The van der Waals surface area contributed by atoms with Crippen LogP contribution in [0, 0.1) is 0 Å². The maximum absolute atomic E-state index is 12.3. The van der Waals surface area contributed by atoms with Gasteiger partial charge in [0.2, 0.25) is 0 Å². The largest absolute Gasteiger partial charge is 0.491 e. The normalized spacial score (nSPS) is 10.7. The smallest absolute Gasteiger partial charge is 0.273 e. The number of aromatic nitrogens is 3. The number of nitrogens with one attached hydrogen (secondary N) is 2. The van der Waals surface area contributed by atoms with Crippen LogP contribution < -0.4 is 15.4 Å². The summed E-state index contributed by atoms with van der Waals surface area (Å²) in [4.78, 5) is 26.4. The van der Waals surface area contributed by atoms with Crippen molar-refractivity contribution in [2.75, 3.05) is 40.3 Å². The van der Waals surface area contributed by atoms with E-state index < -0.39 is 0 Å². The number of allylic oxidation sites excluding steroid dienone is 1. The van der Waals surface area contributed by atoms with Crippen LogP contribution in [0.2, 0.25) is 0 Å². The van der Waals surface area contributed by atoms with E-state index in [2.05, 4.69) is 27.5 Å². The Morgan fingerprint density at radius 1 is 1.27 bits per heavy atom. The molecule has 0 fully saturated rings. The summed E-state index contributed by atoms with van der Waals surface area (Å²) in [5.74, 6) is 0.0160. The maximum atomic E-state index is 12.3. The molecule has 2 rings (SSSR count). The van der Waals surface area contributed by atoms with E-state index >= 15 is 0 Å². The molecule has 0 aliphatic rings. The highest BCUT2D eigenvalue weighted by Crippen LogP contribution is 2.24.